The number of carbonyl (C=O) groups is 12. The average molecular weight is 1650 g/mol. The molecule has 2 aromatic carbocycles. The van der Waals surface area contributed by atoms with Gasteiger partial charge in [-0.05, 0) is 93.5 Å². The summed E-state index contributed by atoms with van der Waals surface area (Å²) in [5.74, 6) is -15.6. The van der Waals surface area contributed by atoms with E-state index in [-0.39, 0.29) is 161 Å². The predicted molar refractivity (Wildman–Crippen MR) is 403 cm³/mol. The highest BCUT2D eigenvalue weighted by atomic mass is 19.3. The SMILES string of the molecule is N#CC1CC(F)(F)CN1C(=O)CNC(=O)c1ccnc2ccc(OCCCCNC(=O)CC[C@H](NC(=O)CCOCCOCCOCCOCCNC(=O)CCCCC3(N(CC(=O)O)CC(=O)O)CN(CC(=O)O)CCN(CC(=O)O)C3)C(=O)NCCCCOc3ccc4nccc(C(=O)NCC(=O)N5CC(F)(F)C[C@H]5C#N)c4c3)cc12. The number of nitrogens with zero attached hydrogens (tertiary/aromatic N) is 9. The summed E-state index contributed by atoms with van der Waals surface area (Å²) in [6.45, 7) is -3.17. The van der Waals surface area contributed by atoms with Crippen molar-refractivity contribution in [3.8, 4) is 23.6 Å². The van der Waals surface area contributed by atoms with Gasteiger partial charge in [0, 0.05) is 107 Å². The molecule has 10 N–H and O–H groups in total. The number of alkyl halides is 4. The highest BCUT2D eigenvalue weighted by Gasteiger charge is 2.49. The Morgan fingerprint density at radius 3 is 1.43 bits per heavy atom. The molecule has 3 saturated heterocycles. The third-order valence-corrected chi connectivity index (χ3v) is 19.1. The highest BCUT2D eigenvalue weighted by molar-refractivity contribution is 6.08. The topological polar surface area (TPSA) is 503 Å². The van der Waals surface area contributed by atoms with E-state index < -0.39 is 166 Å². The minimum Gasteiger partial charge on any atom is -0.494 e. The van der Waals surface area contributed by atoms with Crippen molar-refractivity contribution < 1.29 is 124 Å². The first-order chi connectivity index (χ1) is 56.0. The van der Waals surface area contributed by atoms with E-state index in [1.165, 1.54) is 39.2 Å². The summed E-state index contributed by atoms with van der Waals surface area (Å²) in [5, 5.41) is 73.9. The number of carboxylic acid groups (broad SMARTS) is 4. The summed E-state index contributed by atoms with van der Waals surface area (Å²) in [7, 11) is 0. The molecule has 7 rings (SSSR count). The van der Waals surface area contributed by atoms with E-state index in [2.05, 4.69) is 41.9 Å². The summed E-state index contributed by atoms with van der Waals surface area (Å²) in [5.41, 5.74) is -0.189. The van der Waals surface area contributed by atoms with Crippen molar-refractivity contribution in [3.63, 3.8) is 0 Å². The van der Waals surface area contributed by atoms with Crippen molar-refractivity contribution in [1.82, 2.24) is 66.4 Å². The molecule has 638 valence electrons. The van der Waals surface area contributed by atoms with Crippen LogP contribution in [0.4, 0.5) is 17.6 Å². The number of carbonyl (C=O) groups excluding carboxylic acids is 8. The van der Waals surface area contributed by atoms with Crippen LogP contribution in [0.15, 0.2) is 60.9 Å². The van der Waals surface area contributed by atoms with E-state index in [4.69, 9.17) is 28.4 Å². The molecule has 0 radical (unpaired) electrons. The number of hydrogen-bond acceptors (Lipinski definition) is 25. The van der Waals surface area contributed by atoms with Crippen molar-refractivity contribution in [2.45, 2.75) is 119 Å². The smallest absolute Gasteiger partial charge is 0.317 e. The fourth-order valence-electron chi connectivity index (χ4n) is 13.4. The van der Waals surface area contributed by atoms with Crippen LogP contribution in [0.3, 0.4) is 0 Å². The Kier molecular flexibility index (Phi) is 37.6. The van der Waals surface area contributed by atoms with Gasteiger partial charge in [-0.25, -0.2) is 17.6 Å². The molecule has 0 spiro atoms. The molecule has 4 aromatic rings. The van der Waals surface area contributed by atoms with Crippen LogP contribution >= 0.6 is 0 Å². The Hall–Kier alpha value is -11.1. The van der Waals surface area contributed by atoms with Gasteiger partial charge in [0.1, 0.15) is 29.6 Å². The molecule has 3 aliphatic heterocycles. The molecule has 41 heteroatoms. The number of fused-ring (bicyclic) bond motifs is 2. The number of rotatable bonds is 52. The van der Waals surface area contributed by atoms with E-state index >= 15 is 0 Å². The number of unbranched alkanes of at least 4 members (excludes halogenated alkanes) is 3. The summed E-state index contributed by atoms with van der Waals surface area (Å²) < 4.78 is 90.1. The molecule has 5 heterocycles. The third-order valence-electron chi connectivity index (χ3n) is 19.1. The monoisotopic (exact) mass is 1650 g/mol. The first kappa shape index (κ1) is 93.1. The second-order valence-electron chi connectivity index (χ2n) is 28.1. The van der Waals surface area contributed by atoms with Gasteiger partial charge in [-0.1, -0.05) is 6.42 Å². The van der Waals surface area contributed by atoms with Gasteiger partial charge in [-0.3, -0.25) is 82.2 Å². The van der Waals surface area contributed by atoms with Crippen molar-refractivity contribution in [2.75, 3.05) is 164 Å². The Morgan fingerprint density at radius 2 is 0.957 bits per heavy atom. The number of benzene rings is 2. The summed E-state index contributed by atoms with van der Waals surface area (Å²) in [6.07, 6.45) is 3.33. The van der Waals surface area contributed by atoms with Gasteiger partial charge in [-0.2, -0.15) is 10.5 Å². The third kappa shape index (κ3) is 31.8. The van der Waals surface area contributed by atoms with E-state index in [1.54, 1.807) is 48.5 Å². The van der Waals surface area contributed by atoms with Gasteiger partial charge in [0.25, 0.3) is 23.7 Å². The van der Waals surface area contributed by atoms with Crippen LogP contribution in [0, 0.1) is 22.7 Å². The molecule has 0 aliphatic carbocycles. The van der Waals surface area contributed by atoms with Crippen LogP contribution < -0.4 is 41.4 Å². The van der Waals surface area contributed by atoms with Crippen LogP contribution in [0.5, 0.6) is 11.5 Å². The van der Waals surface area contributed by atoms with Crippen LogP contribution in [-0.2, 0) is 66.9 Å². The fraction of sp³-hybridized carbons (Fsp3) is 0.579. The maximum Gasteiger partial charge on any atom is 0.317 e. The number of nitrogens with one attached hydrogen (secondary N) is 6. The largest absolute Gasteiger partial charge is 0.494 e. The number of likely N-dealkylation sites (tertiary alicyclic amines) is 2. The number of ether oxygens (including phenoxy) is 6. The van der Waals surface area contributed by atoms with Crippen molar-refractivity contribution in [3.05, 3.63) is 72.1 Å². The minimum absolute atomic E-state index is 0.0428. The molecule has 117 heavy (non-hydrogen) atoms. The lowest BCUT2D eigenvalue weighted by Crippen LogP contribution is -2.62. The van der Waals surface area contributed by atoms with Gasteiger partial charge < -0.3 is 90.5 Å². The number of hydrogen-bond donors (Lipinski definition) is 10. The number of amides is 8. The van der Waals surface area contributed by atoms with E-state index in [1.807, 2.05) is 0 Å². The normalized spacial score (nSPS) is 16.6. The van der Waals surface area contributed by atoms with Crippen LogP contribution in [0.25, 0.3) is 21.8 Å². The lowest BCUT2D eigenvalue weighted by Gasteiger charge is -2.45. The van der Waals surface area contributed by atoms with Crippen molar-refractivity contribution in [2.24, 2.45) is 0 Å². The standard InChI is InChI=1S/C76H99F4N15O22/c77-75(78)37-51(39-81)94(49-75)65(99)41-88-71(109)55-14-20-83-59-10-8-53(35-57(55)59)116-25-5-3-18-85-63(97)13-12-61(73(111)87-19-4-6-26-117-54-9-11-60-58(36-54)56(15-21-84-60)72(110)89-42-66(100)95-50-76(79,80)38-52(95)40-82)90-64(98)16-27-112-29-31-114-33-34-115-32-30-113-28-22-86-62(96)7-1-2-17-74(93(45-69(105)106)46-70(107)108)47-91(43-67(101)102)23-24-92(48-74)44-68(103)104/h8-11,14-15,20-21,35-36,51-52,61H,1-7,12-13,16-19,22-34,37-38,41-50H2,(H,85,97)(H,86,96)(H,87,111)(H,88,109)(H,89,110)(H,90,98)(H,101,102)(H,103,104)(H,105,106)(H,107,108)/t51?,52-,61-/m0/s1. The Balaban J connectivity index is 0.794. The minimum atomic E-state index is -3.23. The number of pyridine rings is 2. The Bertz CT molecular complexity index is 4130. The predicted octanol–water partition coefficient (Wildman–Crippen LogP) is 1.41. The fourth-order valence-corrected chi connectivity index (χ4v) is 13.4. The van der Waals surface area contributed by atoms with E-state index in [9.17, 15) is 106 Å². The first-order valence-electron chi connectivity index (χ1n) is 38.2. The first-order valence-corrected chi connectivity index (χ1v) is 38.2. The summed E-state index contributed by atoms with van der Waals surface area (Å²) in [6, 6.07) is 12.1. The second-order valence-corrected chi connectivity index (χ2v) is 28.1. The number of nitriles is 2. The van der Waals surface area contributed by atoms with Gasteiger partial charge in [0.2, 0.25) is 35.4 Å². The number of halogens is 4. The molecular formula is C76H99F4N15O22. The van der Waals surface area contributed by atoms with E-state index in [0.717, 1.165) is 9.80 Å². The lowest BCUT2D eigenvalue weighted by atomic mass is 9.88. The molecule has 3 atom stereocenters. The molecule has 1 unspecified atom stereocenters. The molecular weight excluding hydrogens is 1550 g/mol. The van der Waals surface area contributed by atoms with Gasteiger partial charge in [0.05, 0.1) is 153 Å². The Labute approximate surface area is 670 Å². The molecule has 0 saturated carbocycles. The van der Waals surface area contributed by atoms with E-state index in [0.29, 0.717) is 71.8 Å². The van der Waals surface area contributed by atoms with Crippen LogP contribution in [-0.4, -0.2) is 326 Å². The zero-order chi connectivity index (χ0) is 84.9. The van der Waals surface area contributed by atoms with Crippen LogP contribution in [0.1, 0.15) is 104 Å². The van der Waals surface area contributed by atoms with Crippen molar-refractivity contribution >= 4 is 92.9 Å². The highest BCUT2D eigenvalue weighted by Crippen LogP contribution is 2.34. The molecule has 2 aromatic heterocycles. The Morgan fingerprint density at radius 1 is 0.504 bits per heavy atom. The van der Waals surface area contributed by atoms with Crippen molar-refractivity contribution in [1.29, 1.82) is 10.5 Å². The molecule has 0 bridgehead atoms. The maximum atomic E-state index is 14.0. The zero-order valence-corrected chi connectivity index (χ0v) is 64.5. The number of carboxylic acids is 4. The summed E-state index contributed by atoms with van der Waals surface area (Å²) >= 11 is 0. The number of aromatic nitrogens is 2. The number of aliphatic carboxylic acids is 4. The zero-order valence-electron chi connectivity index (χ0n) is 64.5. The van der Waals surface area contributed by atoms with Crippen LogP contribution in [0.2, 0.25) is 0 Å². The quantitative estimate of drug-likeness (QED) is 0.0221. The molecule has 3 fully saturated rings. The lowest BCUT2D eigenvalue weighted by molar-refractivity contribution is -0.148. The molecule has 3 aliphatic rings. The maximum absolute atomic E-state index is 14.0. The second kappa shape index (κ2) is 47.2. The van der Waals surface area contributed by atoms with Gasteiger partial charge in [0.15, 0.2) is 0 Å². The average Bonchev–Trinajstić information content (AvgIpc) is 1.77. The van der Waals surface area contributed by atoms with Gasteiger partial charge >= 0.3 is 23.9 Å². The molecule has 8 amide bonds. The van der Waals surface area contributed by atoms with Gasteiger partial charge in [-0.15, -0.1) is 0 Å². The molecule has 37 nitrogen and oxygen atoms in total. The summed E-state index contributed by atoms with van der Waals surface area (Å²) in [4.78, 5) is 167.